The largest absolute Gasteiger partial charge is 0.349 e. The summed E-state index contributed by atoms with van der Waals surface area (Å²) in [5.74, 6) is -0.575. The standard InChI is InChI=1S/C21H23N3O2/c1-5-9-24-14(2)10-18(15(24)3)11-19(13-22)21(26)23-20-8-6-7-17(12-20)16(4)25/h6-8,10-12H,5,9H2,1-4H3,(H,23,26)/b19-11+. The maximum Gasteiger partial charge on any atom is 0.266 e. The lowest BCUT2D eigenvalue weighted by Crippen LogP contribution is -2.13. The molecule has 5 nitrogen and oxygen atoms in total. The van der Waals surface area contributed by atoms with Crippen molar-refractivity contribution in [3.63, 3.8) is 0 Å². The van der Waals surface area contributed by atoms with Crippen molar-refractivity contribution in [1.29, 1.82) is 5.26 Å². The Bertz CT molecular complexity index is 914. The van der Waals surface area contributed by atoms with Gasteiger partial charge in [0.05, 0.1) is 0 Å². The van der Waals surface area contributed by atoms with Gasteiger partial charge in [0.2, 0.25) is 0 Å². The molecule has 0 aliphatic heterocycles. The van der Waals surface area contributed by atoms with Gasteiger partial charge in [0.15, 0.2) is 5.78 Å². The summed E-state index contributed by atoms with van der Waals surface area (Å²) in [6, 6.07) is 10.6. The number of anilines is 1. The minimum atomic E-state index is -0.492. The van der Waals surface area contributed by atoms with Crippen LogP contribution in [0.3, 0.4) is 0 Å². The molecule has 0 fully saturated rings. The Hall–Kier alpha value is -3.13. The van der Waals surface area contributed by atoms with Crippen LogP contribution in [0, 0.1) is 25.2 Å². The molecule has 0 saturated heterocycles. The molecule has 1 heterocycles. The van der Waals surface area contributed by atoms with Crippen LogP contribution >= 0.6 is 0 Å². The van der Waals surface area contributed by atoms with Crippen LogP contribution in [0.25, 0.3) is 6.08 Å². The molecule has 0 radical (unpaired) electrons. The van der Waals surface area contributed by atoms with E-state index >= 15 is 0 Å². The molecule has 1 amide bonds. The van der Waals surface area contributed by atoms with E-state index in [9.17, 15) is 14.9 Å². The molecule has 5 heteroatoms. The van der Waals surface area contributed by atoms with Crippen molar-refractivity contribution in [1.82, 2.24) is 4.57 Å². The zero-order chi connectivity index (χ0) is 19.3. The number of nitriles is 1. The highest BCUT2D eigenvalue weighted by atomic mass is 16.1. The highest BCUT2D eigenvalue weighted by Gasteiger charge is 2.13. The summed E-state index contributed by atoms with van der Waals surface area (Å²) >= 11 is 0. The molecule has 0 bridgehead atoms. The third kappa shape index (κ3) is 4.28. The number of aromatic nitrogens is 1. The van der Waals surface area contributed by atoms with Crippen LogP contribution in [-0.2, 0) is 11.3 Å². The third-order valence-corrected chi connectivity index (χ3v) is 4.25. The second-order valence-electron chi connectivity index (χ2n) is 6.24. The molecule has 1 aromatic heterocycles. The first kappa shape index (κ1) is 19.2. The first-order chi connectivity index (χ1) is 12.4. The van der Waals surface area contributed by atoms with Gasteiger partial charge >= 0.3 is 0 Å². The van der Waals surface area contributed by atoms with E-state index in [0.717, 1.165) is 29.9 Å². The van der Waals surface area contributed by atoms with Gasteiger partial charge in [0.1, 0.15) is 11.6 Å². The predicted octanol–water partition coefficient (Wildman–Crippen LogP) is 4.26. The molecule has 0 unspecified atom stereocenters. The Morgan fingerprint density at radius 2 is 2.00 bits per heavy atom. The minimum absolute atomic E-state index is 0.0231. The normalized spacial score (nSPS) is 11.1. The van der Waals surface area contributed by atoms with Gasteiger partial charge < -0.3 is 9.88 Å². The van der Waals surface area contributed by atoms with Gasteiger partial charge in [-0.1, -0.05) is 19.1 Å². The molecule has 1 N–H and O–H groups in total. The lowest BCUT2D eigenvalue weighted by molar-refractivity contribution is -0.112. The molecule has 0 atom stereocenters. The average Bonchev–Trinajstić information content (AvgIpc) is 2.87. The number of ketones is 1. The Morgan fingerprint density at radius 3 is 2.62 bits per heavy atom. The maximum absolute atomic E-state index is 12.5. The fourth-order valence-electron chi connectivity index (χ4n) is 2.86. The van der Waals surface area contributed by atoms with Crippen LogP contribution in [0.1, 0.15) is 47.6 Å². The molecular weight excluding hydrogens is 326 g/mol. The highest BCUT2D eigenvalue weighted by Crippen LogP contribution is 2.19. The summed E-state index contributed by atoms with van der Waals surface area (Å²) < 4.78 is 2.18. The van der Waals surface area contributed by atoms with Crippen LogP contribution in [-0.4, -0.2) is 16.3 Å². The molecular formula is C21H23N3O2. The topological polar surface area (TPSA) is 74.9 Å². The van der Waals surface area contributed by atoms with Gasteiger partial charge in [-0.25, -0.2) is 0 Å². The van der Waals surface area contributed by atoms with Gasteiger partial charge in [0.25, 0.3) is 5.91 Å². The van der Waals surface area contributed by atoms with Gasteiger partial charge in [0, 0.05) is 29.2 Å². The highest BCUT2D eigenvalue weighted by molar-refractivity contribution is 6.10. The summed E-state index contributed by atoms with van der Waals surface area (Å²) in [5.41, 5.74) is 4.01. The molecule has 1 aromatic carbocycles. The van der Waals surface area contributed by atoms with Crippen molar-refractivity contribution in [3.05, 3.63) is 58.4 Å². The van der Waals surface area contributed by atoms with E-state index in [0.29, 0.717) is 11.3 Å². The number of carbonyl (C=O) groups excluding carboxylic acids is 2. The Labute approximate surface area is 153 Å². The van der Waals surface area contributed by atoms with Gasteiger partial charge in [-0.05, 0) is 57.0 Å². The maximum atomic E-state index is 12.5. The summed E-state index contributed by atoms with van der Waals surface area (Å²) in [4.78, 5) is 23.9. The van der Waals surface area contributed by atoms with Crippen molar-refractivity contribution in [3.8, 4) is 6.07 Å². The monoisotopic (exact) mass is 349 g/mol. The van der Waals surface area contributed by atoms with Crippen LogP contribution in [0.15, 0.2) is 35.9 Å². The quantitative estimate of drug-likeness (QED) is 0.481. The molecule has 134 valence electrons. The van der Waals surface area contributed by atoms with Crippen LogP contribution in [0.4, 0.5) is 5.69 Å². The lowest BCUT2D eigenvalue weighted by Gasteiger charge is -2.07. The van der Waals surface area contributed by atoms with Crippen LogP contribution in [0.5, 0.6) is 0 Å². The number of hydrogen-bond acceptors (Lipinski definition) is 3. The molecule has 0 spiro atoms. The smallest absolute Gasteiger partial charge is 0.266 e. The number of nitrogens with zero attached hydrogens (tertiary/aromatic N) is 2. The second-order valence-corrected chi connectivity index (χ2v) is 6.24. The minimum Gasteiger partial charge on any atom is -0.349 e. The van der Waals surface area contributed by atoms with Crippen molar-refractivity contribution in [2.45, 2.75) is 40.7 Å². The number of rotatable bonds is 6. The SMILES string of the molecule is CCCn1c(C)cc(/C=C(\C#N)C(=O)Nc2cccc(C(C)=O)c2)c1C. The van der Waals surface area contributed by atoms with Crippen LogP contribution < -0.4 is 5.32 Å². The van der Waals surface area contributed by atoms with E-state index < -0.39 is 5.91 Å². The Morgan fingerprint density at radius 1 is 1.27 bits per heavy atom. The first-order valence-electron chi connectivity index (χ1n) is 8.58. The van der Waals surface area contributed by atoms with Crippen molar-refractivity contribution < 1.29 is 9.59 Å². The number of nitrogens with one attached hydrogen (secondary N) is 1. The summed E-state index contributed by atoms with van der Waals surface area (Å²) in [5, 5.41) is 12.1. The van der Waals surface area contributed by atoms with E-state index in [1.54, 1.807) is 30.3 Å². The van der Waals surface area contributed by atoms with Gasteiger partial charge in [-0.2, -0.15) is 5.26 Å². The van der Waals surface area contributed by atoms with E-state index in [2.05, 4.69) is 16.8 Å². The van der Waals surface area contributed by atoms with E-state index in [-0.39, 0.29) is 11.4 Å². The average molecular weight is 349 g/mol. The fourth-order valence-corrected chi connectivity index (χ4v) is 2.86. The zero-order valence-electron chi connectivity index (χ0n) is 15.6. The summed E-state index contributed by atoms with van der Waals surface area (Å²) in [6.07, 6.45) is 2.62. The lowest BCUT2D eigenvalue weighted by atomic mass is 10.1. The second kappa shape index (κ2) is 8.30. The molecule has 0 aliphatic carbocycles. The number of Topliss-reactive ketones (excluding diaryl/α,β-unsaturated/α-hetero) is 1. The Balaban J connectivity index is 2.28. The number of hydrogen-bond donors (Lipinski definition) is 1. The number of amides is 1. The number of benzene rings is 1. The van der Waals surface area contributed by atoms with Crippen molar-refractivity contribution in [2.75, 3.05) is 5.32 Å². The predicted molar refractivity (Wildman–Crippen MR) is 103 cm³/mol. The summed E-state index contributed by atoms with van der Waals surface area (Å²) in [7, 11) is 0. The van der Waals surface area contributed by atoms with Crippen molar-refractivity contribution in [2.24, 2.45) is 0 Å². The van der Waals surface area contributed by atoms with E-state index in [1.165, 1.54) is 6.92 Å². The van der Waals surface area contributed by atoms with Crippen LogP contribution in [0.2, 0.25) is 0 Å². The third-order valence-electron chi connectivity index (χ3n) is 4.25. The molecule has 0 aliphatic rings. The Kier molecular flexibility index (Phi) is 6.13. The van der Waals surface area contributed by atoms with E-state index in [4.69, 9.17) is 0 Å². The number of carbonyl (C=O) groups is 2. The zero-order valence-corrected chi connectivity index (χ0v) is 15.6. The molecule has 26 heavy (non-hydrogen) atoms. The molecule has 0 saturated carbocycles. The molecule has 2 rings (SSSR count). The van der Waals surface area contributed by atoms with Gasteiger partial charge in [-0.3, -0.25) is 9.59 Å². The van der Waals surface area contributed by atoms with E-state index in [1.807, 2.05) is 26.0 Å². The molecule has 2 aromatic rings. The fraction of sp³-hybridized carbons (Fsp3) is 0.286. The van der Waals surface area contributed by atoms with Gasteiger partial charge in [-0.15, -0.1) is 0 Å². The summed E-state index contributed by atoms with van der Waals surface area (Å²) in [6.45, 7) is 8.47. The number of aryl methyl sites for hydroxylation is 1. The first-order valence-corrected chi connectivity index (χ1v) is 8.58. The van der Waals surface area contributed by atoms with Crippen molar-refractivity contribution >= 4 is 23.5 Å².